The second kappa shape index (κ2) is 3.38. The van der Waals surface area contributed by atoms with Crippen molar-refractivity contribution in [3.8, 4) is 0 Å². The number of hydrogen-bond acceptors (Lipinski definition) is 3. The molecule has 0 saturated heterocycles. The third-order valence-corrected chi connectivity index (χ3v) is 4.24. The fraction of sp³-hybridized carbons (Fsp3) is 0.636. The fourth-order valence-corrected chi connectivity index (χ4v) is 4.28. The van der Waals surface area contributed by atoms with Crippen molar-refractivity contribution in [3.63, 3.8) is 0 Å². The van der Waals surface area contributed by atoms with E-state index in [1.165, 1.54) is 0 Å². The molecule has 3 nitrogen and oxygen atoms in total. The lowest BCUT2D eigenvalue weighted by molar-refractivity contribution is 0.0547. The molecule has 0 aromatic carbocycles. The number of ether oxygens (including phenoxy) is 2. The predicted molar refractivity (Wildman–Crippen MR) is 60.9 cm³/mol. The molecule has 84 valence electrons. The molecule has 0 fully saturated rings. The number of rotatable bonds is 2. The van der Waals surface area contributed by atoms with Gasteiger partial charge in [-0.25, -0.2) is 0 Å². The molecule has 1 aliphatic carbocycles. The van der Waals surface area contributed by atoms with Crippen LogP contribution in [0.15, 0.2) is 23.7 Å². The number of allylic oxidation sites excluding steroid dienone is 1. The molecule has 2 aliphatic rings. The summed E-state index contributed by atoms with van der Waals surface area (Å²) < 4.78 is 10.6. The van der Waals surface area contributed by atoms with E-state index in [0.717, 1.165) is 17.6 Å². The molecular weight excluding hydrogens is 208 g/mol. The quantitative estimate of drug-likeness (QED) is 0.734. The van der Waals surface area contributed by atoms with Gasteiger partial charge in [-0.3, -0.25) is 0 Å². The molecule has 1 unspecified atom stereocenters. The fourth-order valence-electron chi connectivity index (χ4n) is 2.20. The zero-order chi connectivity index (χ0) is 11.1. The van der Waals surface area contributed by atoms with Crippen molar-refractivity contribution in [3.05, 3.63) is 23.7 Å². The summed E-state index contributed by atoms with van der Waals surface area (Å²) in [4.78, 5) is 0. The molecule has 1 N–H and O–H groups in total. The molecular formula is C11H18O3Si. The summed E-state index contributed by atoms with van der Waals surface area (Å²) in [5.41, 5.74) is -0.725. The standard InChI is InChI=1S/C11H18O3Si/c1-15(2,3)7-11(12)5-4-9-10(6-11)14-8-13-9/h4-5,12H,6-8H2,1-3H3. The van der Waals surface area contributed by atoms with Crippen LogP contribution in [0.25, 0.3) is 0 Å². The summed E-state index contributed by atoms with van der Waals surface area (Å²) >= 11 is 0. The Bertz CT molecular complexity index is 327. The van der Waals surface area contributed by atoms with E-state index in [1.807, 2.05) is 12.2 Å². The normalized spacial score (nSPS) is 29.9. The molecule has 2 rings (SSSR count). The van der Waals surface area contributed by atoms with Gasteiger partial charge in [-0.2, -0.15) is 0 Å². The van der Waals surface area contributed by atoms with Crippen molar-refractivity contribution in [2.24, 2.45) is 0 Å². The van der Waals surface area contributed by atoms with Crippen LogP contribution in [0.2, 0.25) is 25.7 Å². The first-order valence-electron chi connectivity index (χ1n) is 5.28. The topological polar surface area (TPSA) is 38.7 Å². The van der Waals surface area contributed by atoms with E-state index < -0.39 is 13.7 Å². The highest BCUT2D eigenvalue weighted by atomic mass is 28.3. The Labute approximate surface area is 91.4 Å². The van der Waals surface area contributed by atoms with Gasteiger partial charge >= 0.3 is 0 Å². The Hall–Kier alpha value is -0.743. The molecule has 0 aromatic rings. The molecule has 0 spiro atoms. The second-order valence-corrected chi connectivity index (χ2v) is 11.0. The Balaban J connectivity index is 2.11. The minimum Gasteiger partial charge on any atom is -0.458 e. The zero-order valence-corrected chi connectivity index (χ0v) is 10.5. The van der Waals surface area contributed by atoms with E-state index in [9.17, 15) is 5.11 Å². The third-order valence-electron chi connectivity index (χ3n) is 2.57. The minimum atomic E-state index is -1.28. The maximum Gasteiger partial charge on any atom is 0.230 e. The van der Waals surface area contributed by atoms with E-state index >= 15 is 0 Å². The van der Waals surface area contributed by atoms with Gasteiger partial charge < -0.3 is 14.6 Å². The molecule has 1 atom stereocenters. The van der Waals surface area contributed by atoms with Crippen LogP contribution in [0.5, 0.6) is 0 Å². The highest BCUT2D eigenvalue weighted by Crippen LogP contribution is 2.36. The average molecular weight is 226 g/mol. The minimum absolute atomic E-state index is 0.290. The van der Waals surface area contributed by atoms with Crippen molar-refractivity contribution in [2.75, 3.05) is 6.79 Å². The molecule has 1 aliphatic heterocycles. The molecule has 0 aromatic heterocycles. The van der Waals surface area contributed by atoms with Gasteiger partial charge in [0.2, 0.25) is 6.79 Å². The monoisotopic (exact) mass is 226 g/mol. The van der Waals surface area contributed by atoms with Crippen molar-refractivity contribution >= 4 is 8.07 Å². The summed E-state index contributed by atoms with van der Waals surface area (Å²) in [6.07, 6.45) is 4.26. The van der Waals surface area contributed by atoms with Gasteiger partial charge in [-0.15, -0.1) is 0 Å². The molecule has 1 heterocycles. The lowest BCUT2D eigenvalue weighted by Gasteiger charge is -2.32. The van der Waals surface area contributed by atoms with Gasteiger partial charge in [-0.05, 0) is 18.2 Å². The van der Waals surface area contributed by atoms with E-state index in [-0.39, 0.29) is 6.79 Å². The zero-order valence-electron chi connectivity index (χ0n) is 9.54. The molecule has 0 radical (unpaired) electrons. The van der Waals surface area contributed by atoms with Gasteiger partial charge in [-0.1, -0.05) is 19.6 Å². The van der Waals surface area contributed by atoms with Gasteiger partial charge in [0.15, 0.2) is 5.76 Å². The van der Waals surface area contributed by atoms with Gasteiger partial charge in [0.25, 0.3) is 0 Å². The van der Waals surface area contributed by atoms with Crippen LogP contribution in [0.3, 0.4) is 0 Å². The van der Waals surface area contributed by atoms with E-state index in [1.54, 1.807) is 0 Å². The lowest BCUT2D eigenvalue weighted by atomic mass is 9.95. The number of hydrogen-bond donors (Lipinski definition) is 1. The van der Waals surface area contributed by atoms with Crippen LogP contribution < -0.4 is 0 Å². The van der Waals surface area contributed by atoms with E-state index in [2.05, 4.69) is 19.6 Å². The van der Waals surface area contributed by atoms with Crippen molar-refractivity contribution in [1.82, 2.24) is 0 Å². The van der Waals surface area contributed by atoms with Crippen molar-refractivity contribution in [2.45, 2.75) is 37.7 Å². The van der Waals surface area contributed by atoms with Crippen LogP contribution in [0.4, 0.5) is 0 Å². The largest absolute Gasteiger partial charge is 0.458 e. The summed E-state index contributed by atoms with van der Waals surface area (Å²) in [5.74, 6) is 1.59. The summed E-state index contributed by atoms with van der Waals surface area (Å²) in [7, 11) is -1.28. The first-order chi connectivity index (χ1) is 6.88. The van der Waals surface area contributed by atoms with Crippen LogP contribution in [0.1, 0.15) is 6.42 Å². The molecule has 0 saturated carbocycles. The summed E-state index contributed by atoms with van der Waals surface area (Å²) in [6.45, 7) is 7.07. The average Bonchev–Trinajstić information content (AvgIpc) is 2.46. The van der Waals surface area contributed by atoms with Crippen molar-refractivity contribution < 1.29 is 14.6 Å². The Morgan fingerprint density at radius 2 is 2.13 bits per heavy atom. The first kappa shape index (κ1) is 10.8. The summed E-state index contributed by atoms with van der Waals surface area (Å²) in [6, 6.07) is 0.858. The third kappa shape index (κ3) is 2.44. The van der Waals surface area contributed by atoms with Crippen LogP contribution in [0, 0.1) is 0 Å². The Morgan fingerprint density at radius 3 is 2.80 bits per heavy atom. The molecule has 0 bridgehead atoms. The van der Waals surface area contributed by atoms with Gasteiger partial charge in [0.05, 0.1) is 5.60 Å². The maximum absolute atomic E-state index is 10.4. The van der Waals surface area contributed by atoms with Crippen LogP contribution in [-0.2, 0) is 9.47 Å². The van der Waals surface area contributed by atoms with Crippen LogP contribution in [-0.4, -0.2) is 25.6 Å². The number of aliphatic hydroxyl groups is 1. The predicted octanol–water partition coefficient (Wildman–Crippen LogP) is 2.23. The molecule has 15 heavy (non-hydrogen) atoms. The van der Waals surface area contributed by atoms with E-state index in [0.29, 0.717) is 6.42 Å². The van der Waals surface area contributed by atoms with Gasteiger partial charge in [0.1, 0.15) is 5.76 Å². The van der Waals surface area contributed by atoms with Gasteiger partial charge in [0, 0.05) is 14.5 Å². The first-order valence-corrected chi connectivity index (χ1v) is 8.99. The SMILES string of the molecule is C[Si](C)(C)CC1(O)C=CC2=C(C1)OCO2. The molecule has 0 amide bonds. The highest BCUT2D eigenvalue weighted by molar-refractivity contribution is 6.76. The second-order valence-electron chi connectivity index (χ2n) is 5.55. The van der Waals surface area contributed by atoms with Crippen molar-refractivity contribution in [1.29, 1.82) is 0 Å². The van der Waals surface area contributed by atoms with Crippen LogP contribution >= 0.6 is 0 Å². The Morgan fingerprint density at radius 1 is 1.40 bits per heavy atom. The molecule has 4 heteroatoms. The maximum atomic E-state index is 10.4. The smallest absolute Gasteiger partial charge is 0.230 e. The highest BCUT2D eigenvalue weighted by Gasteiger charge is 2.37. The summed E-state index contributed by atoms with van der Waals surface area (Å²) in [5, 5.41) is 10.4. The lowest BCUT2D eigenvalue weighted by Crippen LogP contribution is -2.38. The Kier molecular flexibility index (Phi) is 2.43. The van der Waals surface area contributed by atoms with E-state index in [4.69, 9.17) is 9.47 Å².